The lowest BCUT2D eigenvalue weighted by Gasteiger charge is -2.20. The average molecular weight is 329 g/mol. The van der Waals surface area contributed by atoms with Gasteiger partial charge in [0.25, 0.3) is 0 Å². The van der Waals surface area contributed by atoms with Crippen LogP contribution in [0.5, 0.6) is 0 Å². The third-order valence-corrected chi connectivity index (χ3v) is 5.26. The molecule has 0 aliphatic carbocycles. The fourth-order valence-corrected chi connectivity index (χ4v) is 4.09. The highest BCUT2D eigenvalue weighted by Crippen LogP contribution is 2.33. The maximum Gasteiger partial charge on any atom is 0.167 e. The van der Waals surface area contributed by atoms with E-state index in [4.69, 9.17) is 4.98 Å². The molecule has 4 rings (SSSR count). The molecule has 7 heteroatoms. The zero-order valence-corrected chi connectivity index (χ0v) is 13.8. The van der Waals surface area contributed by atoms with Crippen LogP contribution >= 0.6 is 11.3 Å². The summed E-state index contributed by atoms with van der Waals surface area (Å²) in [5, 5.41) is 18.5. The number of aromatic amines is 1. The number of nitrogens with zero attached hydrogens (tertiary/aromatic N) is 4. The molecule has 3 heterocycles. The van der Waals surface area contributed by atoms with Gasteiger partial charge in [-0.2, -0.15) is 5.10 Å². The van der Waals surface area contributed by atoms with Crippen LogP contribution in [-0.4, -0.2) is 42.8 Å². The highest BCUT2D eigenvalue weighted by Gasteiger charge is 2.35. The number of hydrogen-bond donors (Lipinski definition) is 2. The summed E-state index contributed by atoms with van der Waals surface area (Å²) in [5.74, 6) is 1.67. The van der Waals surface area contributed by atoms with Crippen LogP contribution in [0.15, 0.2) is 24.3 Å². The number of H-pyrrole nitrogens is 1. The molecule has 1 aliphatic heterocycles. The van der Waals surface area contributed by atoms with Gasteiger partial charge < -0.3 is 5.11 Å². The molecule has 1 saturated heterocycles. The Hall–Kier alpha value is -1.83. The molecule has 120 valence electrons. The predicted octanol–water partition coefficient (Wildman–Crippen LogP) is 2.28. The van der Waals surface area contributed by atoms with E-state index < -0.39 is 0 Å². The smallest absolute Gasteiger partial charge is 0.167 e. The molecule has 6 nitrogen and oxygen atoms in total. The normalized spacial score (nSPS) is 22.2. The molecule has 0 spiro atoms. The quantitative estimate of drug-likeness (QED) is 0.768. The standard InChI is InChI=1S/C16H19N5OS/c1-2-14-18-16(20-19-14)12-7-10(22)8-21(12)9-15-17-11-5-3-4-6-13(11)23-15/h3-6,10,12,22H,2,7-9H2,1H3,(H,18,19,20)/t10-,12+/m1/s1. The summed E-state index contributed by atoms with van der Waals surface area (Å²) >= 11 is 1.71. The zero-order chi connectivity index (χ0) is 15.8. The van der Waals surface area contributed by atoms with Crippen molar-refractivity contribution in [1.29, 1.82) is 0 Å². The molecule has 2 N–H and O–H groups in total. The third kappa shape index (κ3) is 2.87. The van der Waals surface area contributed by atoms with E-state index >= 15 is 0 Å². The second-order valence-electron chi connectivity index (χ2n) is 5.90. The van der Waals surface area contributed by atoms with Gasteiger partial charge in [-0.05, 0) is 18.6 Å². The molecule has 23 heavy (non-hydrogen) atoms. The van der Waals surface area contributed by atoms with Crippen molar-refractivity contribution in [1.82, 2.24) is 25.1 Å². The first kappa shape index (κ1) is 14.7. The average Bonchev–Trinajstić information content (AvgIpc) is 3.24. The maximum atomic E-state index is 10.1. The van der Waals surface area contributed by atoms with Crippen molar-refractivity contribution in [2.45, 2.75) is 38.5 Å². The van der Waals surface area contributed by atoms with Crippen molar-refractivity contribution in [2.75, 3.05) is 6.54 Å². The fourth-order valence-electron chi connectivity index (χ4n) is 3.10. The number of β-amino-alcohol motifs (C(OH)–C–C–N with tert-alkyl or cyclic N) is 1. The van der Waals surface area contributed by atoms with Crippen LogP contribution in [0.2, 0.25) is 0 Å². The van der Waals surface area contributed by atoms with E-state index in [0.717, 1.165) is 35.1 Å². The fraction of sp³-hybridized carbons (Fsp3) is 0.438. The number of benzene rings is 1. The molecule has 1 aliphatic rings. The summed E-state index contributed by atoms with van der Waals surface area (Å²) in [6.45, 7) is 3.40. The Morgan fingerprint density at radius 2 is 2.22 bits per heavy atom. The van der Waals surface area contributed by atoms with Crippen molar-refractivity contribution < 1.29 is 5.11 Å². The van der Waals surface area contributed by atoms with Gasteiger partial charge in [-0.3, -0.25) is 10.00 Å². The van der Waals surface area contributed by atoms with Gasteiger partial charge in [0, 0.05) is 13.0 Å². The van der Waals surface area contributed by atoms with E-state index in [1.807, 2.05) is 25.1 Å². The topological polar surface area (TPSA) is 77.9 Å². The Bertz CT molecular complexity index is 781. The van der Waals surface area contributed by atoms with Crippen LogP contribution in [0, 0.1) is 0 Å². The summed E-state index contributed by atoms with van der Waals surface area (Å²) in [5.41, 5.74) is 1.04. The predicted molar refractivity (Wildman–Crippen MR) is 89.2 cm³/mol. The maximum absolute atomic E-state index is 10.1. The van der Waals surface area contributed by atoms with Crippen LogP contribution in [0.25, 0.3) is 10.2 Å². The molecule has 0 amide bonds. The number of nitrogens with one attached hydrogen (secondary N) is 1. The summed E-state index contributed by atoms with van der Waals surface area (Å²) in [4.78, 5) is 11.5. The second-order valence-corrected chi connectivity index (χ2v) is 7.02. The molecule has 0 unspecified atom stereocenters. The van der Waals surface area contributed by atoms with Crippen LogP contribution in [0.3, 0.4) is 0 Å². The molecule has 1 aromatic carbocycles. The Kier molecular flexibility index (Phi) is 3.84. The number of aliphatic hydroxyl groups excluding tert-OH is 1. The Balaban J connectivity index is 1.58. The van der Waals surface area contributed by atoms with Crippen molar-refractivity contribution in [2.24, 2.45) is 0 Å². The van der Waals surface area contributed by atoms with Gasteiger partial charge in [0.1, 0.15) is 10.8 Å². The lowest BCUT2D eigenvalue weighted by atomic mass is 10.2. The minimum absolute atomic E-state index is 0.0496. The molecular formula is C16H19N5OS. The SMILES string of the molecule is CCc1nc([C@@H]2C[C@@H](O)CN2Cc2nc3ccccc3s2)n[nH]1. The van der Waals surface area contributed by atoms with E-state index in [0.29, 0.717) is 13.0 Å². The Morgan fingerprint density at radius 1 is 1.35 bits per heavy atom. The number of para-hydroxylation sites is 1. The van der Waals surface area contributed by atoms with Gasteiger partial charge in [-0.15, -0.1) is 11.3 Å². The van der Waals surface area contributed by atoms with Gasteiger partial charge in [-0.1, -0.05) is 19.1 Å². The first-order valence-corrected chi connectivity index (χ1v) is 8.72. The molecule has 0 bridgehead atoms. The second kappa shape index (κ2) is 5.99. The number of fused-ring (bicyclic) bond motifs is 1. The molecule has 2 aromatic heterocycles. The Morgan fingerprint density at radius 3 is 3.00 bits per heavy atom. The molecule has 0 saturated carbocycles. The van der Waals surface area contributed by atoms with Crippen LogP contribution in [0.4, 0.5) is 0 Å². The van der Waals surface area contributed by atoms with Gasteiger partial charge >= 0.3 is 0 Å². The number of hydrogen-bond acceptors (Lipinski definition) is 6. The van der Waals surface area contributed by atoms with Crippen molar-refractivity contribution in [3.63, 3.8) is 0 Å². The number of aromatic nitrogens is 4. The third-order valence-electron chi connectivity index (χ3n) is 4.24. The van der Waals surface area contributed by atoms with E-state index in [1.54, 1.807) is 11.3 Å². The molecule has 1 fully saturated rings. The largest absolute Gasteiger partial charge is 0.392 e. The first-order chi connectivity index (χ1) is 11.2. The van der Waals surface area contributed by atoms with E-state index in [-0.39, 0.29) is 12.1 Å². The number of likely N-dealkylation sites (tertiary alicyclic amines) is 1. The molecule has 0 radical (unpaired) electrons. The molecule has 3 aromatic rings. The van der Waals surface area contributed by atoms with Crippen LogP contribution < -0.4 is 0 Å². The number of rotatable bonds is 4. The first-order valence-electron chi connectivity index (χ1n) is 7.90. The molecular weight excluding hydrogens is 310 g/mol. The Labute approximate surface area is 138 Å². The summed E-state index contributed by atoms with van der Waals surface area (Å²) in [7, 11) is 0. The van der Waals surface area contributed by atoms with Crippen LogP contribution in [0.1, 0.15) is 36.0 Å². The van der Waals surface area contributed by atoms with Gasteiger partial charge in [0.2, 0.25) is 0 Å². The summed E-state index contributed by atoms with van der Waals surface area (Å²) < 4.78 is 1.20. The minimum Gasteiger partial charge on any atom is -0.392 e. The lowest BCUT2D eigenvalue weighted by Crippen LogP contribution is -2.24. The molecule has 2 atom stereocenters. The van der Waals surface area contributed by atoms with Gasteiger partial charge in [0.05, 0.1) is 28.9 Å². The van der Waals surface area contributed by atoms with Crippen molar-refractivity contribution in [3.8, 4) is 0 Å². The van der Waals surface area contributed by atoms with Gasteiger partial charge in [0.15, 0.2) is 5.82 Å². The highest BCUT2D eigenvalue weighted by atomic mass is 32.1. The van der Waals surface area contributed by atoms with Crippen LogP contribution in [-0.2, 0) is 13.0 Å². The highest BCUT2D eigenvalue weighted by molar-refractivity contribution is 7.18. The number of thiazole rings is 1. The van der Waals surface area contributed by atoms with E-state index in [9.17, 15) is 5.11 Å². The monoisotopic (exact) mass is 329 g/mol. The summed E-state index contributed by atoms with van der Waals surface area (Å²) in [6, 6.07) is 8.22. The van der Waals surface area contributed by atoms with E-state index in [1.165, 1.54) is 4.70 Å². The van der Waals surface area contributed by atoms with Crippen molar-refractivity contribution in [3.05, 3.63) is 40.9 Å². The lowest BCUT2D eigenvalue weighted by molar-refractivity contribution is 0.172. The number of aryl methyl sites for hydroxylation is 1. The minimum atomic E-state index is -0.335. The number of aliphatic hydroxyl groups is 1. The zero-order valence-electron chi connectivity index (χ0n) is 12.9. The van der Waals surface area contributed by atoms with Gasteiger partial charge in [-0.25, -0.2) is 9.97 Å². The summed E-state index contributed by atoms with van der Waals surface area (Å²) in [6.07, 6.45) is 1.17. The van der Waals surface area contributed by atoms with Crippen molar-refractivity contribution >= 4 is 21.6 Å². The van der Waals surface area contributed by atoms with E-state index in [2.05, 4.69) is 26.1 Å².